The maximum Gasteiger partial charge on any atom is 0.281 e. The molecule has 0 aliphatic carbocycles. The van der Waals surface area contributed by atoms with Gasteiger partial charge in [-0.25, -0.2) is 5.43 Å². The lowest BCUT2D eigenvalue weighted by Crippen LogP contribution is -2.17. The summed E-state index contributed by atoms with van der Waals surface area (Å²) in [7, 11) is 0. The monoisotopic (exact) mass is 288 g/mol. The summed E-state index contributed by atoms with van der Waals surface area (Å²) in [6.07, 6.45) is 1.57. The number of rotatable bonds is 3. The summed E-state index contributed by atoms with van der Waals surface area (Å²) in [6, 6.07) is 7.38. The van der Waals surface area contributed by atoms with Crippen LogP contribution in [-0.2, 0) is 0 Å². The molecular formula is C14H12N2O3S. The first kappa shape index (κ1) is 12.7. The number of nitrogens with zero attached hydrogens (tertiary/aromatic N) is 1. The molecular weight excluding hydrogens is 276 g/mol. The van der Waals surface area contributed by atoms with Gasteiger partial charge >= 0.3 is 0 Å². The van der Waals surface area contributed by atoms with Gasteiger partial charge in [-0.1, -0.05) is 0 Å². The van der Waals surface area contributed by atoms with Crippen molar-refractivity contribution in [3.8, 4) is 11.5 Å². The Hall–Kier alpha value is -2.34. The highest BCUT2D eigenvalue weighted by Gasteiger charge is 2.12. The number of benzene rings is 1. The second kappa shape index (κ2) is 5.34. The van der Waals surface area contributed by atoms with Crippen molar-refractivity contribution in [2.75, 3.05) is 6.79 Å². The summed E-state index contributed by atoms with van der Waals surface area (Å²) in [5, 5.41) is 5.83. The molecule has 0 unspecified atom stereocenters. The third-order valence-electron chi connectivity index (χ3n) is 2.84. The number of carbonyl (C=O) groups excluding carboxylic acids is 1. The molecule has 0 saturated carbocycles. The maximum absolute atomic E-state index is 11.8. The minimum Gasteiger partial charge on any atom is -0.454 e. The van der Waals surface area contributed by atoms with Crippen LogP contribution in [0, 0.1) is 6.92 Å². The minimum absolute atomic E-state index is 0.200. The number of hydrogen-bond donors (Lipinski definition) is 1. The van der Waals surface area contributed by atoms with Crippen molar-refractivity contribution in [2.45, 2.75) is 6.92 Å². The van der Waals surface area contributed by atoms with Gasteiger partial charge in [-0.05, 0) is 47.7 Å². The highest BCUT2D eigenvalue weighted by molar-refractivity contribution is 7.12. The zero-order valence-corrected chi connectivity index (χ0v) is 11.6. The van der Waals surface area contributed by atoms with E-state index >= 15 is 0 Å². The van der Waals surface area contributed by atoms with E-state index in [4.69, 9.17) is 9.47 Å². The molecule has 20 heavy (non-hydrogen) atoms. The van der Waals surface area contributed by atoms with Crippen molar-refractivity contribution < 1.29 is 14.3 Å². The Bertz CT molecular complexity index is 679. The number of amides is 1. The summed E-state index contributed by atoms with van der Waals surface area (Å²) in [6.45, 7) is 2.14. The largest absolute Gasteiger partial charge is 0.454 e. The Morgan fingerprint density at radius 3 is 3.00 bits per heavy atom. The zero-order chi connectivity index (χ0) is 13.9. The van der Waals surface area contributed by atoms with Crippen LogP contribution in [0.2, 0.25) is 0 Å². The van der Waals surface area contributed by atoms with E-state index in [2.05, 4.69) is 10.5 Å². The molecule has 1 aromatic heterocycles. The Labute approximate surface area is 119 Å². The summed E-state index contributed by atoms with van der Waals surface area (Å²) >= 11 is 1.40. The SMILES string of the molecule is Cc1ccsc1C(=O)N/N=C\c1ccc2c(c1)OCO2. The van der Waals surface area contributed by atoms with Crippen molar-refractivity contribution in [1.82, 2.24) is 5.43 Å². The van der Waals surface area contributed by atoms with E-state index in [1.807, 2.05) is 36.6 Å². The fourth-order valence-corrected chi connectivity index (χ4v) is 2.63. The average molecular weight is 288 g/mol. The Balaban J connectivity index is 1.66. The molecule has 1 aliphatic rings. The average Bonchev–Trinajstić information content (AvgIpc) is 3.06. The molecule has 1 aliphatic heterocycles. The van der Waals surface area contributed by atoms with Crippen LogP contribution >= 0.6 is 11.3 Å². The number of ether oxygens (including phenoxy) is 2. The first-order valence-corrected chi connectivity index (χ1v) is 6.89. The van der Waals surface area contributed by atoms with E-state index in [1.54, 1.807) is 6.21 Å². The van der Waals surface area contributed by atoms with Gasteiger partial charge < -0.3 is 9.47 Å². The van der Waals surface area contributed by atoms with Crippen LogP contribution in [0.25, 0.3) is 0 Å². The quantitative estimate of drug-likeness (QED) is 0.697. The van der Waals surface area contributed by atoms with Crippen LogP contribution in [-0.4, -0.2) is 18.9 Å². The lowest BCUT2D eigenvalue weighted by Gasteiger charge is -1.99. The van der Waals surface area contributed by atoms with Gasteiger partial charge in [0.25, 0.3) is 5.91 Å². The van der Waals surface area contributed by atoms with Crippen LogP contribution in [0.15, 0.2) is 34.7 Å². The maximum atomic E-state index is 11.8. The Kier molecular flexibility index (Phi) is 3.39. The predicted molar refractivity (Wildman–Crippen MR) is 76.7 cm³/mol. The van der Waals surface area contributed by atoms with Crippen molar-refractivity contribution in [3.63, 3.8) is 0 Å². The smallest absolute Gasteiger partial charge is 0.281 e. The highest BCUT2D eigenvalue weighted by atomic mass is 32.1. The van der Waals surface area contributed by atoms with Gasteiger partial charge in [-0.15, -0.1) is 11.3 Å². The van der Waals surface area contributed by atoms with Gasteiger partial charge in [0, 0.05) is 0 Å². The third kappa shape index (κ3) is 2.50. The molecule has 2 heterocycles. The molecule has 0 radical (unpaired) electrons. The summed E-state index contributed by atoms with van der Waals surface area (Å²) in [5.41, 5.74) is 4.29. The van der Waals surface area contributed by atoms with Crippen LogP contribution in [0.1, 0.15) is 20.8 Å². The predicted octanol–water partition coefficient (Wildman–Crippen LogP) is 2.55. The van der Waals surface area contributed by atoms with E-state index in [1.165, 1.54) is 11.3 Å². The van der Waals surface area contributed by atoms with Crippen LogP contribution in [0.3, 0.4) is 0 Å². The first-order valence-electron chi connectivity index (χ1n) is 6.01. The van der Waals surface area contributed by atoms with E-state index in [-0.39, 0.29) is 12.7 Å². The summed E-state index contributed by atoms with van der Waals surface area (Å²) in [5.74, 6) is 1.21. The molecule has 1 amide bonds. The van der Waals surface area contributed by atoms with E-state index < -0.39 is 0 Å². The van der Waals surface area contributed by atoms with Crippen LogP contribution in [0.5, 0.6) is 11.5 Å². The lowest BCUT2D eigenvalue weighted by atomic mass is 10.2. The number of fused-ring (bicyclic) bond motifs is 1. The molecule has 1 aromatic carbocycles. The molecule has 0 spiro atoms. The summed E-state index contributed by atoms with van der Waals surface area (Å²) < 4.78 is 10.5. The van der Waals surface area contributed by atoms with Crippen LogP contribution in [0.4, 0.5) is 0 Å². The molecule has 0 atom stereocenters. The lowest BCUT2D eigenvalue weighted by molar-refractivity contribution is 0.0958. The van der Waals surface area contributed by atoms with Crippen molar-refractivity contribution in [3.05, 3.63) is 45.6 Å². The van der Waals surface area contributed by atoms with E-state index in [0.29, 0.717) is 10.6 Å². The molecule has 0 saturated heterocycles. The van der Waals surface area contributed by atoms with Gasteiger partial charge in [0.2, 0.25) is 6.79 Å². The molecule has 102 valence electrons. The Morgan fingerprint density at radius 1 is 1.35 bits per heavy atom. The van der Waals surface area contributed by atoms with E-state index in [9.17, 15) is 4.79 Å². The molecule has 3 rings (SSSR count). The van der Waals surface area contributed by atoms with Crippen molar-refractivity contribution in [2.24, 2.45) is 5.10 Å². The molecule has 0 bridgehead atoms. The number of carbonyl (C=O) groups is 1. The number of hydrazone groups is 1. The zero-order valence-electron chi connectivity index (χ0n) is 10.8. The highest BCUT2D eigenvalue weighted by Crippen LogP contribution is 2.31. The standard InChI is InChI=1S/C14H12N2O3S/c1-9-4-5-20-13(9)14(17)16-15-7-10-2-3-11-12(6-10)19-8-18-11/h2-7H,8H2,1H3,(H,16,17)/b15-7-. The second-order valence-corrected chi connectivity index (χ2v) is 5.16. The normalized spacial score (nSPS) is 12.8. The van der Waals surface area contributed by atoms with Crippen molar-refractivity contribution >= 4 is 23.5 Å². The molecule has 5 nitrogen and oxygen atoms in total. The van der Waals surface area contributed by atoms with Gasteiger partial charge in [-0.2, -0.15) is 5.10 Å². The van der Waals surface area contributed by atoms with Gasteiger partial charge in [-0.3, -0.25) is 4.79 Å². The van der Waals surface area contributed by atoms with Gasteiger partial charge in [0.1, 0.15) is 0 Å². The number of hydrogen-bond acceptors (Lipinski definition) is 5. The molecule has 0 fully saturated rings. The van der Waals surface area contributed by atoms with Crippen molar-refractivity contribution in [1.29, 1.82) is 0 Å². The summed E-state index contributed by atoms with van der Waals surface area (Å²) in [4.78, 5) is 12.5. The molecule has 1 N–H and O–H groups in total. The third-order valence-corrected chi connectivity index (χ3v) is 3.86. The van der Waals surface area contributed by atoms with E-state index in [0.717, 1.165) is 16.9 Å². The second-order valence-electron chi connectivity index (χ2n) is 4.24. The van der Waals surface area contributed by atoms with Gasteiger partial charge in [0.15, 0.2) is 11.5 Å². The molecule has 2 aromatic rings. The minimum atomic E-state index is -0.200. The fraction of sp³-hybridized carbons (Fsp3) is 0.143. The van der Waals surface area contributed by atoms with Crippen LogP contribution < -0.4 is 14.9 Å². The fourth-order valence-electron chi connectivity index (χ4n) is 1.81. The molecule has 6 heteroatoms. The topological polar surface area (TPSA) is 59.9 Å². The van der Waals surface area contributed by atoms with Gasteiger partial charge in [0.05, 0.1) is 11.1 Å². The number of aryl methyl sites for hydroxylation is 1. The number of thiophene rings is 1. The first-order chi connectivity index (χ1) is 9.74. The Morgan fingerprint density at radius 2 is 2.20 bits per heavy atom. The number of nitrogens with one attached hydrogen (secondary N) is 1.